The molecule has 15 heteroatoms. The van der Waals surface area contributed by atoms with Crippen molar-refractivity contribution in [2.75, 3.05) is 5.75 Å². The highest BCUT2D eigenvalue weighted by molar-refractivity contribution is 14.1. The Kier molecular flexibility index (Phi) is 7.69. The Morgan fingerprint density at radius 3 is 2.00 bits per heavy atom. The minimum atomic E-state index is -6.43. The van der Waals surface area contributed by atoms with Crippen LogP contribution in [0, 0.1) is 3.57 Å². The number of benzene rings is 2. The lowest BCUT2D eigenvalue weighted by Gasteiger charge is -2.38. The van der Waals surface area contributed by atoms with Gasteiger partial charge in [-0.2, -0.15) is 26.3 Å². The van der Waals surface area contributed by atoms with Gasteiger partial charge in [-0.1, -0.05) is 18.2 Å². The number of amides is 1. The first-order valence-electron chi connectivity index (χ1n) is 8.43. The lowest BCUT2D eigenvalue weighted by Crippen LogP contribution is -2.70. The molecule has 0 spiro atoms. The topological polar surface area (TPSA) is 113 Å². The van der Waals surface area contributed by atoms with E-state index in [-0.39, 0.29) is 5.56 Å². The molecular weight excluding hydrogens is 599 g/mol. The van der Waals surface area contributed by atoms with E-state index in [2.05, 4.69) is 0 Å². The summed E-state index contributed by atoms with van der Waals surface area (Å²) in [5.41, 5.74) is -6.40. The van der Waals surface area contributed by atoms with E-state index < -0.39 is 57.0 Å². The van der Waals surface area contributed by atoms with E-state index in [1.54, 1.807) is 28.7 Å². The number of carbonyl (C=O) groups excluding carboxylic acids is 2. The number of rotatable bonds is 6. The van der Waals surface area contributed by atoms with E-state index >= 15 is 0 Å². The first-order valence-corrected chi connectivity index (χ1v) is 11.1. The second-order valence-corrected chi connectivity index (χ2v) is 9.10. The number of hydrogen-bond acceptors (Lipinski definition) is 6. The number of ether oxygens (including phenoxy) is 1. The van der Waals surface area contributed by atoms with Gasteiger partial charge in [0.2, 0.25) is 5.54 Å². The van der Waals surface area contributed by atoms with Crippen LogP contribution in [0.1, 0.15) is 20.7 Å². The molecule has 180 valence electrons. The Morgan fingerprint density at radius 1 is 0.970 bits per heavy atom. The zero-order valence-electron chi connectivity index (χ0n) is 15.8. The van der Waals surface area contributed by atoms with Crippen LogP contribution in [0.5, 0.6) is 5.75 Å². The number of halogens is 7. The maximum Gasteiger partial charge on any atom is 0.421 e. The monoisotopic (exact) mass is 610 g/mol. The number of esters is 1. The van der Waals surface area contributed by atoms with Crippen molar-refractivity contribution in [2.45, 2.75) is 17.9 Å². The molecule has 7 nitrogen and oxygen atoms in total. The molecule has 1 amide bonds. The van der Waals surface area contributed by atoms with Gasteiger partial charge in [-0.15, -0.1) is 0 Å². The summed E-state index contributed by atoms with van der Waals surface area (Å²) in [5.74, 6) is -6.90. The highest BCUT2D eigenvalue weighted by Gasteiger charge is 2.72. The van der Waals surface area contributed by atoms with Crippen molar-refractivity contribution in [1.29, 1.82) is 0 Å². The summed E-state index contributed by atoms with van der Waals surface area (Å²) in [4.78, 5) is 24.7. The lowest BCUT2D eigenvalue weighted by molar-refractivity contribution is -0.296. The fourth-order valence-electron chi connectivity index (χ4n) is 2.53. The Bertz CT molecular complexity index is 1140. The average molecular weight is 610 g/mol. The third kappa shape index (κ3) is 6.35. The molecule has 0 fully saturated rings. The Hall–Kier alpha value is -2.40. The predicted molar refractivity (Wildman–Crippen MR) is 107 cm³/mol. The molecule has 0 radical (unpaired) electrons. The Morgan fingerprint density at radius 2 is 1.52 bits per heavy atom. The highest BCUT2D eigenvalue weighted by atomic mass is 127. The fourth-order valence-corrected chi connectivity index (χ4v) is 3.92. The largest absolute Gasteiger partial charge is 0.748 e. The van der Waals surface area contributed by atoms with E-state index in [1.807, 2.05) is 0 Å². The number of nitrogens with one attached hydrogen (secondary N) is 1. The third-order valence-corrected chi connectivity index (χ3v) is 5.55. The SMILES string of the molecule is O=C(Oc1cc(I)ccc1C(=O)NC(CS(=O)(=O)[O-])(C(F)(F)F)C(F)(F)F)c1ccccc1. The molecule has 0 aliphatic heterocycles. The molecule has 0 heterocycles. The number of hydrogen-bond donors (Lipinski definition) is 1. The molecule has 0 atom stereocenters. The average Bonchev–Trinajstić information content (AvgIpc) is 2.65. The van der Waals surface area contributed by atoms with Gasteiger partial charge in [0.15, 0.2) is 0 Å². The molecular formula is C18H11F6INO6S-. The summed E-state index contributed by atoms with van der Waals surface area (Å²) in [6.07, 6.45) is -12.9. The van der Waals surface area contributed by atoms with E-state index in [1.165, 1.54) is 24.3 Å². The van der Waals surface area contributed by atoms with Crippen molar-refractivity contribution >= 4 is 44.6 Å². The first kappa shape index (κ1) is 26.8. The van der Waals surface area contributed by atoms with Gasteiger partial charge < -0.3 is 14.6 Å². The molecule has 0 bridgehead atoms. The molecule has 0 aliphatic rings. The van der Waals surface area contributed by atoms with Crippen LogP contribution in [0.15, 0.2) is 48.5 Å². The maximum absolute atomic E-state index is 13.4. The van der Waals surface area contributed by atoms with Crippen LogP contribution in [-0.2, 0) is 10.1 Å². The van der Waals surface area contributed by atoms with E-state index in [0.717, 1.165) is 18.2 Å². The summed E-state index contributed by atoms with van der Waals surface area (Å²) in [7, 11) is -6.14. The maximum atomic E-state index is 13.4. The third-order valence-electron chi connectivity index (χ3n) is 4.09. The summed E-state index contributed by atoms with van der Waals surface area (Å²) >= 11 is 1.68. The molecule has 2 aromatic rings. The van der Waals surface area contributed by atoms with Crippen LogP contribution in [-0.4, -0.2) is 48.5 Å². The molecule has 0 aliphatic carbocycles. The summed E-state index contributed by atoms with van der Waals surface area (Å²) in [6, 6.07) is 9.92. The van der Waals surface area contributed by atoms with Crippen LogP contribution in [0.3, 0.4) is 0 Å². The van der Waals surface area contributed by atoms with Crippen molar-refractivity contribution in [3.63, 3.8) is 0 Å². The number of carbonyl (C=O) groups is 2. The Balaban J connectivity index is 2.54. The number of alkyl halides is 6. The molecule has 0 aromatic heterocycles. The molecule has 0 saturated carbocycles. The van der Waals surface area contributed by atoms with Crippen LogP contribution in [0.2, 0.25) is 0 Å². The smallest absolute Gasteiger partial charge is 0.421 e. The van der Waals surface area contributed by atoms with Crippen molar-refractivity contribution in [2.24, 2.45) is 0 Å². The van der Waals surface area contributed by atoms with Crippen molar-refractivity contribution < 1.29 is 53.6 Å². The van der Waals surface area contributed by atoms with Crippen LogP contribution in [0.4, 0.5) is 26.3 Å². The van der Waals surface area contributed by atoms with Crippen LogP contribution < -0.4 is 10.1 Å². The zero-order valence-corrected chi connectivity index (χ0v) is 18.8. The lowest BCUT2D eigenvalue weighted by atomic mass is 9.99. The molecule has 0 saturated heterocycles. The summed E-state index contributed by atoms with van der Waals surface area (Å²) < 4.78 is 119. The minimum absolute atomic E-state index is 0.0416. The summed E-state index contributed by atoms with van der Waals surface area (Å²) in [5, 5.41) is 0.594. The Labute approximate surface area is 196 Å². The van der Waals surface area contributed by atoms with Gasteiger partial charge in [0, 0.05) is 3.57 Å². The van der Waals surface area contributed by atoms with Gasteiger partial charge in [0.25, 0.3) is 5.91 Å². The fraction of sp³-hybridized carbons (Fsp3) is 0.222. The quantitative estimate of drug-likeness (QED) is 0.176. The van der Waals surface area contributed by atoms with Crippen LogP contribution in [0.25, 0.3) is 0 Å². The molecule has 33 heavy (non-hydrogen) atoms. The minimum Gasteiger partial charge on any atom is -0.748 e. The summed E-state index contributed by atoms with van der Waals surface area (Å²) in [6.45, 7) is 0. The van der Waals surface area contributed by atoms with Gasteiger partial charge in [-0.25, -0.2) is 13.2 Å². The second-order valence-electron chi connectivity index (χ2n) is 6.45. The molecule has 1 N–H and O–H groups in total. The van der Waals surface area contributed by atoms with Gasteiger partial charge in [-0.3, -0.25) is 4.79 Å². The molecule has 2 aromatic carbocycles. The van der Waals surface area contributed by atoms with Crippen LogP contribution >= 0.6 is 22.6 Å². The normalized spacial score (nSPS) is 12.8. The van der Waals surface area contributed by atoms with Gasteiger partial charge in [0.1, 0.15) is 5.75 Å². The van der Waals surface area contributed by atoms with Gasteiger partial charge in [-0.05, 0) is 52.9 Å². The van der Waals surface area contributed by atoms with E-state index in [4.69, 9.17) is 4.74 Å². The highest BCUT2D eigenvalue weighted by Crippen LogP contribution is 2.44. The predicted octanol–water partition coefficient (Wildman–Crippen LogP) is 3.65. The van der Waals surface area contributed by atoms with Crippen molar-refractivity contribution in [3.05, 3.63) is 63.2 Å². The van der Waals surface area contributed by atoms with E-state index in [0.29, 0.717) is 8.89 Å². The second kappa shape index (κ2) is 9.46. The van der Waals surface area contributed by atoms with Crippen molar-refractivity contribution in [3.8, 4) is 5.75 Å². The molecule has 0 unspecified atom stereocenters. The zero-order chi connectivity index (χ0) is 25.2. The first-order chi connectivity index (χ1) is 15.0. The van der Waals surface area contributed by atoms with Crippen molar-refractivity contribution in [1.82, 2.24) is 5.32 Å². The molecule has 2 rings (SSSR count). The van der Waals surface area contributed by atoms with Gasteiger partial charge >= 0.3 is 18.3 Å². The van der Waals surface area contributed by atoms with E-state index in [9.17, 15) is 48.9 Å². The standard InChI is InChI=1S/C18H12F6INO6S/c19-17(20,21)16(18(22,23)24,9-33(29,30)31)26-14(27)12-7-6-11(25)8-13(12)32-15(28)10-4-2-1-3-5-10/h1-8H,9H2,(H,26,27)(H,29,30,31)/p-1. The van der Waals surface area contributed by atoms with Gasteiger partial charge in [0.05, 0.1) is 27.0 Å².